The molecule has 5 heteroatoms. The van der Waals surface area contributed by atoms with Crippen LogP contribution in [-0.2, 0) is 6.42 Å². The van der Waals surface area contributed by atoms with Crippen LogP contribution in [-0.4, -0.2) is 29.5 Å². The molecule has 0 aliphatic carbocycles. The predicted octanol–water partition coefficient (Wildman–Crippen LogP) is 1.70. The molecule has 0 saturated carbocycles. The van der Waals surface area contributed by atoms with Crippen LogP contribution >= 0.6 is 0 Å². The van der Waals surface area contributed by atoms with E-state index in [-0.39, 0.29) is 5.91 Å². The van der Waals surface area contributed by atoms with E-state index in [4.69, 9.17) is 4.74 Å². The first-order chi connectivity index (χ1) is 9.19. The molecule has 0 fully saturated rings. The molecular formula is C14H17N3O2. The summed E-state index contributed by atoms with van der Waals surface area (Å²) in [6, 6.07) is 7.09. The number of nitrogens with zero attached hydrogens (tertiary/aromatic N) is 1. The molecule has 1 aromatic carbocycles. The predicted molar refractivity (Wildman–Crippen MR) is 72.4 cm³/mol. The third kappa shape index (κ3) is 3.58. The van der Waals surface area contributed by atoms with Gasteiger partial charge in [-0.1, -0.05) is 6.07 Å². The van der Waals surface area contributed by atoms with Gasteiger partial charge in [0.1, 0.15) is 11.6 Å². The molecule has 2 aromatic rings. The highest BCUT2D eigenvalue weighted by Gasteiger charge is 2.06. The third-order valence-electron chi connectivity index (χ3n) is 2.77. The van der Waals surface area contributed by atoms with Gasteiger partial charge in [0.2, 0.25) is 0 Å². The van der Waals surface area contributed by atoms with E-state index in [2.05, 4.69) is 15.3 Å². The number of carbonyl (C=O) groups excluding carboxylic acids is 1. The molecule has 1 heterocycles. The van der Waals surface area contributed by atoms with Crippen molar-refractivity contribution in [3.63, 3.8) is 0 Å². The van der Waals surface area contributed by atoms with Gasteiger partial charge >= 0.3 is 0 Å². The van der Waals surface area contributed by atoms with Crippen LogP contribution in [0.3, 0.4) is 0 Å². The Balaban J connectivity index is 1.87. The zero-order valence-corrected chi connectivity index (χ0v) is 11.1. The van der Waals surface area contributed by atoms with Crippen molar-refractivity contribution in [2.45, 2.75) is 13.3 Å². The SMILES string of the molecule is COc1cccc(C(=O)NCCc2cnc(C)[nH]2)c1. The van der Waals surface area contributed by atoms with Gasteiger partial charge < -0.3 is 15.0 Å². The van der Waals surface area contributed by atoms with Crippen LogP contribution < -0.4 is 10.1 Å². The molecule has 1 aromatic heterocycles. The van der Waals surface area contributed by atoms with E-state index in [1.807, 2.05) is 13.0 Å². The van der Waals surface area contributed by atoms with Crippen molar-refractivity contribution in [2.24, 2.45) is 0 Å². The molecule has 0 aliphatic rings. The number of H-pyrrole nitrogens is 1. The second-order valence-corrected chi connectivity index (χ2v) is 4.23. The number of aromatic nitrogens is 2. The van der Waals surface area contributed by atoms with E-state index in [0.29, 0.717) is 17.9 Å². The summed E-state index contributed by atoms with van der Waals surface area (Å²) >= 11 is 0. The molecule has 100 valence electrons. The first kappa shape index (κ1) is 13.1. The van der Waals surface area contributed by atoms with Crippen LogP contribution in [0.5, 0.6) is 5.75 Å². The highest BCUT2D eigenvalue weighted by atomic mass is 16.5. The van der Waals surface area contributed by atoms with Crippen molar-refractivity contribution >= 4 is 5.91 Å². The Morgan fingerprint density at radius 2 is 2.32 bits per heavy atom. The minimum Gasteiger partial charge on any atom is -0.497 e. The van der Waals surface area contributed by atoms with E-state index in [1.165, 1.54) is 0 Å². The summed E-state index contributed by atoms with van der Waals surface area (Å²) in [5, 5.41) is 2.87. The van der Waals surface area contributed by atoms with Gasteiger partial charge in [0, 0.05) is 30.4 Å². The second-order valence-electron chi connectivity index (χ2n) is 4.23. The zero-order valence-electron chi connectivity index (χ0n) is 11.1. The van der Waals surface area contributed by atoms with Crippen molar-refractivity contribution in [2.75, 3.05) is 13.7 Å². The Morgan fingerprint density at radius 1 is 1.47 bits per heavy atom. The minimum absolute atomic E-state index is 0.102. The molecule has 0 radical (unpaired) electrons. The number of aryl methyl sites for hydroxylation is 1. The number of ether oxygens (including phenoxy) is 1. The molecule has 0 unspecified atom stereocenters. The number of carbonyl (C=O) groups is 1. The Bertz CT molecular complexity index is 563. The fourth-order valence-corrected chi connectivity index (χ4v) is 1.78. The topological polar surface area (TPSA) is 67.0 Å². The molecule has 5 nitrogen and oxygen atoms in total. The molecule has 19 heavy (non-hydrogen) atoms. The van der Waals surface area contributed by atoms with Crippen LogP contribution in [0.1, 0.15) is 21.9 Å². The van der Waals surface area contributed by atoms with Gasteiger partial charge in [-0.25, -0.2) is 4.98 Å². The number of aromatic amines is 1. The lowest BCUT2D eigenvalue weighted by molar-refractivity contribution is 0.0953. The van der Waals surface area contributed by atoms with E-state index in [0.717, 1.165) is 17.9 Å². The first-order valence-corrected chi connectivity index (χ1v) is 6.12. The highest BCUT2D eigenvalue weighted by molar-refractivity contribution is 5.94. The van der Waals surface area contributed by atoms with Gasteiger partial charge in [-0.3, -0.25) is 4.79 Å². The number of hydrogen-bond donors (Lipinski definition) is 2. The number of rotatable bonds is 5. The Morgan fingerprint density at radius 3 is 3.00 bits per heavy atom. The molecule has 0 bridgehead atoms. The third-order valence-corrected chi connectivity index (χ3v) is 2.77. The summed E-state index contributed by atoms with van der Waals surface area (Å²) in [7, 11) is 1.58. The van der Waals surface area contributed by atoms with Gasteiger partial charge in [-0.2, -0.15) is 0 Å². The lowest BCUT2D eigenvalue weighted by Crippen LogP contribution is -2.25. The highest BCUT2D eigenvalue weighted by Crippen LogP contribution is 2.12. The van der Waals surface area contributed by atoms with Crippen LogP contribution in [0.2, 0.25) is 0 Å². The Hall–Kier alpha value is -2.30. The normalized spacial score (nSPS) is 10.2. The summed E-state index contributed by atoms with van der Waals surface area (Å²) in [6.45, 7) is 2.47. The Labute approximate surface area is 112 Å². The minimum atomic E-state index is -0.102. The summed E-state index contributed by atoms with van der Waals surface area (Å²) in [5.41, 5.74) is 1.61. The van der Waals surface area contributed by atoms with Crippen molar-refractivity contribution in [3.05, 3.63) is 47.5 Å². The van der Waals surface area contributed by atoms with Crippen molar-refractivity contribution < 1.29 is 9.53 Å². The van der Waals surface area contributed by atoms with Gasteiger partial charge in [0.25, 0.3) is 5.91 Å². The molecule has 0 atom stereocenters. The maximum absolute atomic E-state index is 11.9. The summed E-state index contributed by atoms with van der Waals surface area (Å²) in [4.78, 5) is 19.2. The van der Waals surface area contributed by atoms with Crippen molar-refractivity contribution in [3.8, 4) is 5.75 Å². The van der Waals surface area contributed by atoms with Crippen molar-refractivity contribution in [1.82, 2.24) is 15.3 Å². The van der Waals surface area contributed by atoms with Gasteiger partial charge in [0.05, 0.1) is 7.11 Å². The van der Waals surface area contributed by atoms with E-state index >= 15 is 0 Å². The van der Waals surface area contributed by atoms with E-state index in [1.54, 1.807) is 31.5 Å². The number of benzene rings is 1. The lowest BCUT2D eigenvalue weighted by atomic mass is 10.2. The van der Waals surface area contributed by atoms with Crippen LogP contribution in [0.25, 0.3) is 0 Å². The molecule has 1 amide bonds. The fourth-order valence-electron chi connectivity index (χ4n) is 1.78. The smallest absolute Gasteiger partial charge is 0.251 e. The molecule has 0 spiro atoms. The number of hydrogen-bond acceptors (Lipinski definition) is 3. The second kappa shape index (κ2) is 6.04. The van der Waals surface area contributed by atoms with Crippen LogP contribution in [0.4, 0.5) is 0 Å². The molecular weight excluding hydrogens is 242 g/mol. The maximum atomic E-state index is 11.9. The quantitative estimate of drug-likeness (QED) is 0.858. The van der Waals surface area contributed by atoms with Gasteiger partial charge in [-0.05, 0) is 25.1 Å². The average molecular weight is 259 g/mol. The van der Waals surface area contributed by atoms with E-state index < -0.39 is 0 Å². The summed E-state index contributed by atoms with van der Waals surface area (Å²) in [5.74, 6) is 1.46. The average Bonchev–Trinajstić information content (AvgIpc) is 2.84. The number of nitrogens with one attached hydrogen (secondary N) is 2. The lowest BCUT2D eigenvalue weighted by Gasteiger charge is -2.06. The molecule has 0 aliphatic heterocycles. The molecule has 0 saturated heterocycles. The summed E-state index contributed by atoms with van der Waals surface area (Å²) in [6.07, 6.45) is 2.52. The number of methoxy groups -OCH3 is 1. The summed E-state index contributed by atoms with van der Waals surface area (Å²) < 4.78 is 5.09. The van der Waals surface area contributed by atoms with Crippen molar-refractivity contribution in [1.29, 1.82) is 0 Å². The first-order valence-electron chi connectivity index (χ1n) is 6.12. The monoisotopic (exact) mass is 259 g/mol. The zero-order chi connectivity index (χ0) is 13.7. The number of amides is 1. The molecule has 2 rings (SSSR count). The standard InChI is InChI=1S/C14H17N3O2/c1-10-16-9-12(17-10)6-7-15-14(18)11-4-3-5-13(8-11)19-2/h3-5,8-9H,6-7H2,1-2H3,(H,15,18)(H,16,17). The molecule has 2 N–H and O–H groups in total. The van der Waals surface area contributed by atoms with Gasteiger partial charge in [0.15, 0.2) is 0 Å². The van der Waals surface area contributed by atoms with Crippen LogP contribution in [0.15, 0.2) is 30.5 Å². The Kier molecular flexibility index (Phi) is 4.18. The fraction of sp³-hybridized carbons (Fsp3) is 0.286. The van der Waals surface area contributed by atoms with E-state index in [9.17, 15) is 4.79 Å². The largest absolute Gasteiger partial charge is 0.497 e. The maximum Gasteiger partial charge on any atom is 0.251 e. The number of imidazole rings is 1. The van der Waals surface area contributed by atoms with Gasteiger partial charge in [-0.15, -0.1) is 0 Å². The van der Waals surface area contributed by atoms with Crippen LogP contribution in [0, 0.1) is 6.92 Å².